The minimum absolute atomic E-state index is 0.0340. The van der Waals surface area contributed by atoms with E-state index in [0.29, 0.717) is 16.4 Å². The number of benzene rings is 1. The van der Waals surface area contributed by atoms with E-state index in [2.05, 4.69) is 15.3 Å². The van der Waals surface area contributed by atoms with Crippen molar-refractivity contribution in [1.29, 1.82) is 0 Å². The summed E-state index contributed by atoms with van der Waals surface area (Å²) in [5.41, 5.74) is 1.71. The first-order valence-corrected chi connectivity index (χ1v) is 10.7. The van der Waals surface area contributed by atoms with Crippen LogP contribution in [0.4, 0.5) is 0 Å². The zero-order valence-electron chi connectivity index (χ0n) is 15.8. The SMILES string of the molecule is Cc1nn(-c2ccccc2Cl)c2sc(C(=O)NCCCN3CCOCC3)cc12. The zero-order valence-corrected chi connectivity index (χ0v) is 17.4. The number of nitrogens with one attached hydrogen (secondary N) is 1. The zero-order chi connectivity index (χ0) is 19.5. The van der Waals surface area contributed by atoms with Crippen LogP contribution >= 0.6 is 22.9 Å². The van der Waals surface area contributed by atoms with Crippen LogP contribution in [0.2, 0.25) is 5.02 Å². The van der Waals surface area contributed by atoms with Crippen molar-refractivity contribution in [3.05, 3.63) is 45.9 Å². The number of amides is 1. The van der Waals surface area contributed by atoms with Gasteiger partial charge in [0.15, 0.2) is 0 Å². The van der Waals surface area contributed by atoms with Crippen molar-refractivity contribution in [2.75, 3.05) is 39.4 Å². The lowest BCUT2D eigenvalue weighted by Gasteiger charge is -2.26. The first kappa shape index (κ1) is 19.4. The van der Waals surface area contributed by atoms with Gasteiger partial charge in [0.25, 0.3) is 5.91 Å². The number of para-hydroxylation sites is 1. The van der Waals surface area contributed by atoms with E-state index in [4.69, 9.17) is 16.3 Å². The molecule has 0 radical (unpaired) electrons. The van der Waals surface area contributed by atoms with Crippen molar-refractivity contribution in [2.24, 2.45) is 0 Å². The predicted octanol–water partition coefficient (Wildman–Crippen LogP) is 3.50. The van der Waals surface area contributed by atoms with Gasteiger partial charge >= 0.3 is 0 Å². The van der Waals surface area contributed by atoms with E-state index in [1.165, 1.54) is 11.3 Å². The van der Waals surface area contributed by atoms with E-state index in [0.717, 1.165) is 60.9 Å². The van der Waals surface area contributed by atoms with E-state index in [1.807, 2.05) is 41.9 Å². The Morgan fingerprint density at radius 1 is 1.32 bits per heavy atom. The van der Waals surface area contributed by atoms with E-state index >= 15 is 0 Å². The van der Waals surface area contributed by atoms with Gasteiger partial charge in [-0.3, -0.25) is 9.69 Å². The van der Waals surface area contributed by atoms with Crippen LogP contribution in [0.1, 0.15) is 21.8 Å². The van der Waals surface area contributed by atoms with E-state index in [-0.39, 0.29) is 5.91 Å². The molecule has 6 nitrogen and oxygen atoms in total. The molecule has 148 valence electrons. The fraction of sp³-hybridized carbons (Fsp3) is 0.400. The van der Waals surface area contributed by atoms with E-state index in [1.54, 1.807) is 0 Å². The minimum Gasteiger partial charge on any atom is -0.379 e. The average molecular weight is 419 g/mol. The molecular weight excluding hydrogens is 396 g/mol. The molecular formula is C20H23ClN4O2S. The van der Waals surface area contributed by atoms with Gasteiger partial charge in [0.05, 0.1) is 34.5 Å². The van der Waals surface area contributed by atoms with Crippen LogP contribution in [0.15, 0.2) is 30.3 Å². The first-order valence-electron chi connectivity index (χ1n) is 9.46. The Balaban J connectivity index is 1.43. The summed E-state index contributed by atoms with van der Waals surface area (Å²) in [7, 11) is 0. The standard InChI is InChI=1S/C20H23ClN4O2S/c1-14-15-13-18(19(26)22-7-4-8-24-9-11-27-12-10-24)28-20(15)25(23-14)17-6-3-2-5-16(17)21/h2-3,5-6,13H,4,7-12H2,1H3,(H,22,26). The number of morpholine rings is 1. The number of aryl methyl sites for hydroxylation is 1. The maximum absolute atomic E-state index is 12.6. The number of halogens is 1. The highest BCUT2D eigenvalue weighted by molar-refractivity contribution is 7.20. The Kier molecular flexibility index (Phi) is 5.96. The van der Waals surface area contributed by atoms with Gasteiger partial charge in [-0.15, -0.1) is 11.3 Å². The molecule has 0 unspecified atom stereocenters. The number of ether oxygens (including phenoxy) is 1. The van der Waals surface area contributed by atoms with Crippen LogP contribution in [0.25, 0.3) is 15.9 Å². The van der Waals surface area contributed by atoms with Gasteiger partial charge in [0.2, 0.25) is 0 Å². The number of hydrogen-bond donors (Lipinski definition) is 1. The second-order valence-electron chi connectivity index (χ2n) is 6.84. The van der Waals surface area contributed by atoms with Crippen molar-refractivity contribution in [3.8, 4) is 5.69 Å². The van der Waals surface area contributed by atoms with Crippen LogP contribution in [0.3, 0.4) is 0 Å². The molecule has 1 fully saturated rings. The third-order valence-electron chi connectivity index (χ3n) is 4.89. The Hall–Kier alpha value is -1.93. The predicted molar refractivity (Wildman–Crippen MR) is 113 cm³/mol. The number of aromatic nitrogens is 2. The molecule has 2 aromatic heterocycles. The lowest BCUT2D eigenvalue weighted by atomic mass is 10.3. The summed E-state index contributed by atoms with van der Waals surface area (Å²) in [5.74, 6) is -0.0340. The third kappa shape index (κ3) is 4.07. The van der Waals surface area contributed by atoms with Crippen molar-refractivity contribution in [1.82, 2.24) is 20.0 Å². The summed E-state index contributed by atoms with van der Waals surface area (Å²) < 4.78 is 7.18. The number of nitrogens with zero attached hydrogens (tertiary/aromatic N) is 3. The lowest BCUT2D eigenvalue weighted by molar-refractivity contribution is 0.0374. The molecule has 0 spiro atoms. The fourth-order valence-corrected chi connectivity index (χ4v) is 4.67. The number of carbonyl (C=O) groups is 1. The molecule has 0 saturated carbocycles. The Labute approximate surface area is 173 Å². The summed E-state index contributed by atoms with van der Waals surface area (Å²) in [4.78, 5) is 16.6. The molecule has 1 amide bonds. The van der Waals surface area contributed by atoms with Gasteiger partial charge in [-0.05, 0) is 38.1 Å². The van der Waals surface area contributed by atoms with Gasteiger partial charge in [-0.1, -0.05) is 23.7 Å². The molecule has 28 heavy (non-hydrogen) atoms. The fourth-order valence-electron chi connectivity index (χ4n) is 3.36. The Morgan fingerprint density at radius 3 is 2.89 bits per heavy atom. The van der Waals surface area contributed by atoms with Crippen molar-refractivity contribution < 1.29 is 9.53 Å². The summed E-state index contributed by atoms with van der Waals surface area (Å²) in [6.45, 7) is 7.15. The van der Waals surface area contributed by atoms with E-state index < -0.39 is 0 Å². The maximum atomic E-state index is 12.6. The molecule has 0 aliphatic carbocycles. The monoisotopic (exact) mass is 418 g/mol. The Bertz CT molecular complexity index is 978. The largest absolute Gasteiger partial charge is 0.379 e. The van der Waals surface area contributed by atoms with Crippen LogP contribution in [0, 0.1) is 6.92 Å². The second-order valence-corrected chi connectivity index (χ2v) is 8.28. The number of carbonyl (C=O) groups excluding carboxylic acids is 1. The highest BCUT2D eigenvalue weighted by Gasteiger charge is 2.18. The molecule has 8 heteroatoms. The average Bonchev–Trinajstić information content (AvgIpc) is 3.27. The van der Waals surface area contributed by atoms with Crippen molar-refractivity contribution in [3.63, 3.8) is 0 Å². The molecule has 3 aromatic rings. The lowest BCUT2D eigenvalue weighted by Crippen LogP contribution is -2.38. The molecule has 3 heterocycles. The van der Waals surface area contributed by atoms with Crippen LogP contribution in [-0.4, -0.2) is 60.0 Å². The number of thiophene rings is 1. The first-order chi connectivity index (χ1) is 13.6. The number of hydrogen-bond acceptors (Lipinski definition) is 5. The summed E-state index contributed by atoms with van der Waals surface area (Å²) in [6.07, 6.45) is 0.934. The molecule has 1 N–H and O–H groups in total. The van der Waals surface area contributed by atoms with Crippen LogP contribution in [0.5, 0.6) is 0 Å². The molecule has 1 saturated heterocycles. The van der Waals surface area contributed by atoms with Gasteiger partial charge in [0, 0.05) is 25.0 Å². The topological polar surface area (TPSA) is 59.4 Å². The molecule has 4 rings (SSSR count). The molecule has 0 atom stereocenters. The van der Waals surface area contributed by atoms with Crippen molar-refractivity contribution >= 4 is 39.1 Å². The normalized spacial score (nSPS) is 15.2. The van der Waals surface area contributed by atoms with Gasteiger partial charge < -0.3 is 10.1 Å². The summed E-state index contributed by atoms with van der Waals surface area (Å²) in [6, 6.07) is 9.52. The van der Waals surface area contributed by atoms with Gasteiger partial charge in [-0.2, -0.15) is 5.10 Å². The summed E-state index contributed by atoms with van der Waals surface area (Å²) >= 11 is 7.78. The quantitative estimate of drug-likeness (QED) is 0.622. The summed E-state index contributed by atoms with van der Waals surface area (Å²) in [5, 5.41) is 9.26. The van der Waals surface area contributed by atoms with Gasteiger partial charge in [0.1, 0.15) is 4.83 Å². The highest BCUT2D eigenvalue weighted by Crippen LogP contribution is 2.32. The van der Waals surface area contributed by atoms with Gasteiger partial charge in [-0.25, -0.2) is 4.68 Å². The highest BCUT2D eigenvalue weighted by atomic mass is 35.5. The molecule has 1 aliphatic heterocycles. The minimum atomic E-state index is -0.0340. The molecule has 1 aliphatic rings. The second kappa shape index (κ2) is 8.61. The smallest absolute Gasteiger partial charge is 0.261 e. The Morgan fingerprint density at radius 2 is 2.11 bits per heavy atom. The van der Waals surface area contributed by atoms with Crippen LogP contribution < -0.4 is 5.32 Å². The third-order valence-corrected chi connectivity index (χ3v) is 6.32. The molecule has 1 aromatic carbocycles. The van der Waals surface area contributed by atoms with Crippen molar-refractivity contribution in [2.45, 2.75) is 13.3 Å². The molecule has 0 bridgehead atoms. The number of rotatable bonds is 6. The van der Waals surface area contributed by atoms with E-state index in [9.17, 15) is 4.79 Å². The maximum Gasteiger partial charge on any atom is 0.261 e. The number of fused-ring (bicyclic) bond motifs is 1. The van der Waals surface area contributed by atoms with Crippen LogP contribution in [-0.2, 0) is 4.74 Å².